The maximum absolute atomic E-state index is 13.4. The number of hydrogen-bond donors (Lipinski definition) is 7. The summed E-state index contributed by atoms with van der Waals surface area (Å²) in [4.78, 5) is 39.4. The zero-order valence-electron chi connectivity index (χ0n) is 21.2. The summed E-state index contributed by atoms with van der Waals surface area (Å²) >= 11 is 0. The Kier molecular flexibility index (Phi) is 5.02. The van der Waals surface area contributed by atoms with E-state index in [2.05, 4.69) is 0 Å². The minimum atomic E-state index is -1.36. The average Bonchev–Trinajstić information content (AvgIpc) is 2.82. The van der Waals surface area contributed by atoms with Crippen molar-refractivity contribution >= 4 is 28.1 Å². The summed E-state index contributed by atoms with van der Waals surface area (Å²) in [6.45, 7) is 3.08. The van der Waals surface area contributed by atoms with Crippen molar-refractivity contribution in [1.82, 2.24) is 0 Å². The monoisotopic (exact) mass is 542 g/mol. The molecule has 0 radical (unpaired) electrons. The highest BCUT2D eigenvalue weighted by Crippen LogP contribution is 2.54. The maximum Gasteiger partial charge on any atom is 0.201 e. The van der Waals surface area contributed by atoms with Gasteiger partial charge in [0.25, 0.3) is 0 Å². The molecule has 10 heteroatoms. The van der Waals surface area contributed by atoms with E-state index in [1.165, 1.54) is 25.1 Å². The van der Waals surface area contributed by atoms with E-state index in [-0.39, 0.29) is 45.9 Å². The highest BCUT2D eigenvalue weighted by atomic mass is 16.3. The Morgan fingerprint density at radius 1 is 0.625 bits per heavy atom. The van der Waals surface area contributed by atoms with Gasteiger partial charge in [0.1, 0.15) is 34.5 Å². The predicted octanol–water partition coefficient (Wildman–Crippen LogP) is 3.70. The molecule has 0 saturated carbocycles. The summed E-state index contributed by atoms with van der Waals surface area (Å²) in [5.41, 5.74) is -3.23. The SMILES string of the molecule is Cc1cc(O)c2c(c1)C(=O)c1cc(O)c(-c3c(O)cc4cc5c(c(O)c4c3O)C(=O)CC(C)(O)C5)c(O)c1C2=O. The minimum absolute atomic E-state index is 0.0250. The standard InChI is InChI=1S/C30H22O10/c1-10-3-13-21(15(31)4-10)28(38)22-14(25(13)35)7-17(33)24(29(22)39)23-16(32)6-11-5-12-8-30(2,40)9-18(34)19(12)26(36)20(11)27(23)37/h3-7,31-33,36-37,39-40H,8-9H2,1-2H3. The molecule has 0 aromatic heterocycles. The number of hydrogen-bond acceptors (Lipinski definition) is 10. The normalized spacial score (nSPS) is 18.0. The van der Waals surface area contributed by atoms with Gasteiger partial charge in [0.2, 0.25) is 5.78 Å². The lowest BCUT2D eigenvalue weighted by Crippen LogP contribution is -2.35. The largest absolute Gasteiger partial charge is 0.507 e. The molecule has 0 heterocycles. The number of benzene rings is 4. The number of phenolic OH excluding ortho intramolecular Hbond substituents is 6. The third-order valence-electron chi connectivity index (χ3n) is 7.56. The van der Waals surface area contributed by atoms with Crippen LogP contribution in [0.4, 0.5) is 0 Å². The molecule has 202 valence electrons. The van der Waals surface area contributed by atoms with Crippen LogP contribution in [0.1, 0.15) is 66.7 Å². The fourth-order valence-corrected chi connectivity index (χ4v) is 5.94. The first kappa shape index (κ1) is 25.2. The highest BCUT2D eigenvalue weighted by molar-refractivity contribution is 6.31. The Hall–Kier alpha value is -5.09. The fourth-order valence-electron chi connectivity index (χ4n) is 5.94. The lowest BCUT2D eigenvalue weighted by Gasteiger charge is -2.30. The number of phenols is 6. The van der Waals surface area contributed by atoms with Crippen molar-refractivity contribution in [3.8, 4) is 45.6 Å². The van der Waals surface area contributed by atoms with Crippen LogP contribution in [-0.2, 0) is 6.42 Å². The zero-order chi connectivity index (χ0) is 29.0. The van der Waals surface area contributed by atoms with E-state index in [1.54, 1.807) is 6.92 Å². The van der Waals surface area contributed by atoms with Crippen molar-refractivity contribution in [2.45, 2.75) is 32.3 Å². The second-order valence-electron chi connectivity index (χ2n) is 10.7. The molecule has 2 aliphatic rings. The van der Waals surface area contributed by atoms with E-state index < -0.39 is 74.1 Å². The van der Waals surface area contributed by atoms with E-state index in [9.17, 15) is 50.1 Å². The van der Waals surface area contributed by atoms with Gasteiger partial charge in [0, 0.05) is 24.0 Å². The maximum atomic E-state index is 13.4. The van der Waals surface area contributed by atoms with Gasteiger partial charge < -0.3 is 35.7 Å². The third-order valence-corrected chi connectivity index (χ3v) is 7.56. The molecule has 4 aromatic carbocycles. The van der Waals surface area contributed by atoms with Crippen LogP contribution in [-0.4, -0.2) is 58.7 Å². The Balaban J connectivity index is 1.63. The molecule has 0 amide bonds. The average molecular weight is 542 g/mol. The van der Waals surface area contributed by atoms with Crippen LogP contribution in [0.2, 0.25) is 0 Å². The Morgan fingerprint density at radius 3 is 1.90 bits per heavy atom. The van der Waals surface area contributed by atoms with E-state index in [4.69, 9.17) is 0 Å². The summed E-state index contributed by atoms with van der Waals surface area (Å²) < 4.78 is 0. The second kappa shape index (κ2) is 7.96. The van der Waals surface area contributed by atoms with Crippen molar-refractivity contribution in [3.63, 3.8) is 0 Å². The molecule has 6 rings (SSSR count). The molecule has 4 aromatic rings. The zero-order valence-corrected chi connectivity index (χ0v) is 21.2. The molecule has 0 saturated heterocycles. The molecule has 0 aliphatic heterocycles. The third kappa shape index (κ3) is 3.29. The summed E-state index contributed by atoms with van der Waals surface area (Å²) in [7, 11) is 0. The van der Waals surface area contributed by atoms with E-state index >= 15 is 0 Å². The summed E-state index contributed by atoms with van der Waals surface area (Å²) in [6.07, 6.45) is -0.252. The first-order valence-electron chi connectivity index (χ1n) is 12.2. The van der Waals surface area contributed by atoms with Crippen molar-refractivity contribution in [3.05, 3.63) is 69.3 Å². The quantitative estimate of drug-likeness (QED) is 0.164. The van der Waals surface area contributed by atoms with Gasteiger partial charge in [0.15, 0.2) is 11.6 Å². The van der Waals surface area contributed by atoms with Gasteiger partial charge in [0.05, 0.1) is 38.8 Å². The van der Waals surface area contributed by atoms with Crippen LogP contribution >= 0.6 is 0 Å². The molecule has 1 atom stereocenters. The first-order chi connectivity index (χ1) is 18.7. The molecule has 7 N–H and O–H groups in total. The number of ketones is 3. The first-order valence-corrected chi connectivity index (χ1v) is 12.2. The van der Waals surface area contributed by atoms with Gasteiger partial charge >= 0.3 is 0 Å². The van der Waals surface area contributed by atoms with Gasteiger partial charge in [-0.2, -0.15) is 0 Å². The van der Waals surface area contributed by atoms with Gasteiger partial charge in [-0.3, -0.25) is 14.4 Å². The number of carbonyl (C=O) groups excluding carboxylic acids is 3. The van der Waals surface area contributed by atoms with Crippen molar-refractivity contribution < 1.29 is 50.1 Å². The van der Waals surface area contributed by atoms with Crippen LogP contribution in [0.15, 0.2) is 30.3 Å². The van der Waals surface area contributed by atoms with E-state index in [1.807, 2.05) is 0 Å². The fraction of sp³-hybridized carbons (Fsp3) is 0.167. The van der Waals surface area contributed by atoms with E-state index in [0.717, 1.165) is 12.1 Å². The number of aliphatic hydroxyl groups is 1. The van der Waals surface area contributed by atoms with Crippen LogP contribution in [0.3, 0.4) is 0 Å². The highest BCUT2D eigenvalue weighted by Gasteiger charge is 2.39. The number of aromatic hydroxyl groups is 6. The topological polar surface area (TPSA) is 193 Å². The summed E-state index contributed by atoms with van der Waals surface area (Å²) in [6, 6.07) is 6.13. The van der Waals surface area contributed by atoms with Crippen molar-refractivity contribution in [1.29, 1.82) is 0 Å². The minimum Gasteiger partial charge on any atom is -0.507 e. The Morgan fingerprint density at radius 2 is 1.20 bits per heavy atom. The second-order valence-corrected chi connectivity index (χ2v) is 10.7. The summed E-state index contributed by atoms with van der Waals surface area (Å²) in [5, 5.41) is 76.0. The number of aryl methyl sites for hydroxylation is 1. The number of fused-ring (bicyclic) bond motifs is 4. The summed E-state index contributed by atoms with van der Waals surface area (Å²) in [5.74, 6) is -6.55. The lowest BCUT2D eigenvalue weighted by molar-refractivity contribution is 0.0409. The molecular formula is C30H22O10. The van der Waals surface area contributed by atoms with Gasteiger partial charge in [-0.05, 0) is 60.7 Å². The van der Waals surface area contributed by atoms with Gasteiger partial charge in [-0.1, -0.05) is 0 Å². The smallest absolute Gasteiger partial charge is 0.201 e. The van der Waals surface area contributed by atoms with Gasteiger partial charge in [-0.15, -0.1) is 0 Å². The molecule has 0 bridgehead atoms. The number of Topliss-reactive ketones (excluding diaryl/α,β-unsaturated/α-hetero) is 1. The molecule has 0 spiro atoms. The Labute approximate surface area is 225 Å². The number of rotatable bonds is 1. The Bertz CT molecular complexity index is 1900. The van der Waals surface area contributed by atoms with Crippen LogP contribution < -0.4 is 0 Å². The molecule has 40 heavy (non-hydrogen) atoms. The molecular weight excluding hydrogens is 520 g/mol. The molecule has 1 unspecified atom stereocenters. The molecule has 10 nitrogen and oxygen atoms in total. The predicted molar refractivity (Wildman–Crippen MR) is 141 cm³/mol. The van der Waals surface area contributed by atoms with Gasteiger partial charge in [-0.25, -0.2) is 0 Å². The van der Waals surface area contributed by atoms with E-state index in [0.29, 0.717) is 11.1 Å². The molecule has 0 fully saturated rings. The molecule has 2 aliphatic carbocycles. The van der Waals surface area contributed by atoms with Crippen LogP contribution in [0, 0.1) is 6.92 Å². The van der Waals surface area contributed by atoms with Crippen LogP contribution in [0.5, 0.6) is 34.5 Å². The number of carbonyl (C=O) groups is 3. The van der Waals surface area contributed by atoms with Crippen molar-refractivity contribution in [2.75, 3.05) is 0 Å². The lowest BCUT2D eigenvalue weighted by atomic mass is 9.78. The van der Waals surface area contributed by atoms with Crippen molar-refractivity contribution in [2.24, 2.45) is 0 Å². The van der Waals surface area contributed by atoms with Crippen LogP contribution in [0.25, 0.3) is 21.9 Å².